The molecule has 1 atom stereocenters. The summed E-state index contributed by atoms with van der Waals surface area (Å²) < 4.78 is 0. The van der Waals surface area contributed by atoms with Crippen LogP contribution in [0.25, 0.3) is 0 Å². The first-order valence-electron chi connectivity index (χ1n) is 5.99. The summed E-state index contributed by atoms with van der Waals surface area (Å²) in [4.78, 5) is 19.5. The molecule has 1 unspecified atom stereocenters. The number of rotatable bonds is 5. The van der Waals surface area contributed by atoms with E-state index in [9.17, 15) is 4.79 Å². The van der Waals surface area contributed by atoms with Crippen LogP contribution in [-0.2, 0) is 0 Å². The molecule has 1 N–H and O–H groups in total. The van der Waals surface area contributed by atoms with Crippen molar-refractivity contribution in [2.75, 3.05) is 40.1 Å². The molecule has 0 aliphatic rings. The standard InChI is InChI=1S/C13H22N4O/c1-10(9-16(2)3)15-11-6-7-14-12(8-11)13(18)17(4)5/h6-8,10H,9H2,1-5H3,(H,14,15). The van der Waals surface area contributed by atoms with E-state index in [1.807, 2.05) is 20.2 Å². The van der Waals surface area contributed by atoms with Gasteiger partial charge < -0.3 is 15.1 Å². The number of aromatic nitrogens is 1. The molecule has 0 saturated heterocycles. The first-order chi connectivity index (χ1) is 8.40. The lowest BCUT2D eigenvalue weighted by molar-refractivity contribution is 0.0822. The molecule has 100 valence electrons. The molecule has 5 heteroatoms. The molecule has 0 aliphatic heterocycles. The molecule has 0 spiro atoms. The second-order valence-corrected chi connectivity index (χ2v) is 4.94. The summed E-state index contributed by atoms with van der Waals surface area (Å²) in [6.07, 6.45) is 1.65. The van der Waals surface area contributed by atoms with Crippen LogP contribution in [-0.4, -0.2) is 61.5 Å². The van der Waals surface area contributed by atoms with Crippen molar-refractivity contribution < 1.29 is 4.79 Å². The number of nitrogens with zero attached hydrogens (tertiary/aromatic N) is 3. The second kappa shape index (κ2) is 6.35. The predicted molar refractivity (Wildman–Crippen MR) is 73.9 cm³/mol. The second-order valence-electron chi connectivity index (χ2n) is 4.94. The highest BCUT2D eigenvalue weighted by molar-refractivity contribution is 5.92. The van der Waals surface area contributed by atoms with Crippen LogP contribution in [0, 0.1) is 0 Å². The summed E-state index contributed by atoms with van der Waals surface area (Å²) in [6, 6.07) is 3.97. The number of carbonyl (C=O) groups is 1. The van der Waals surface area contributed by atoms with Gasteiger partial charge in [-0.2, -0.15) is 0 Å². The molecule has 1 amide bonds. The van der Waals surface area contributed by atoms with Gasteiger partial charge in [-0.25, -0.2) is 0 Å². The molecule has 1 heterocycles. The zero-order valence-electron chi connectivity index (χ0n) is 11.8. The lowest BCUT2D eigenvalue weighted by Gasteiger charge is -2.19. The number of nitrogens with one attached hydrogen (secondary N) is 1. The van der Waals surface area contributed by atoms with Crippen molar-refractivity contribution in [1.29, 1.82) is 0 Å². The van der Waals surface area contributed by atoms with Crippen LogP contribution >= 0.6 is 0 Å². The van der Waals surface area contributed by atoms with E-state index in [4.69, 9.17) is 0 Å². The zero-order chi connectivity index (χ0) is 13.7. The smallest absolute Gasteiger partial charge is 0.272 e. The van der Waals surface area contributed by atoms with E-state index >= 15 is 0 Å². The zero-order valence-corrected chi connectivity index (χ0v) is 11.8. The van der Waals surface area contributed by atoms with Crippen molar-refractivity contribution in [3.05, 3.63) is 24.0 Å². The summed E-state index contributed by atoms with van der Waals surface area (Å²) in [5.74, 6) is -0.0843. The minimum atomic E-state index is -0.0843. The lowest BCUT2D eigenvalue weighted by Crippen LogP contribution is -2.30. The highest BCUT2D eigenvalue weighted by atomic mass is 16.2. The van der Waals surface area contributed by atoms with Gasteiger partial charge in [0, 0.05) is 38.6 Å². The van der Waals surface area contributed by atoms with Crippen molar-refractivity contribution in [3.8, 4) is 0 Å². The van der Waals surface area contributed by atoms with Crippen molar-refractivity contribution in [3.63, 3.8) is 0 Å². The Kier molecular flexibility index (Phi) is 5.09. The van der Waals surface area contributed by atoms with E-state index in [2.05, 4.69) is 22.1 Å². The van der Waals surface area contributed by atoms with Crippen LogP contribution in [0.5, 0.6) is 0 Å². The van der Waals surface area contributed by atoms with Crippen LogP contribution in [0.15, 0.2) is 18.3 Å². The highest BCUT2D eigenvalue weighted by Gasteiger charge is 2.11. The molecule has 0 radical (unpaired) electrons. The molecule has 0 saturated carbocycles. The Morgan fingerprint density at radius 2 is 2.06 bits per heavy atom. The molecular weight excluding hydrogens is 228 g/mol. The average molecular weight is 250 g/mol. The number of hydrogen-bond donors (Lipinski definition) is 1. The third-order valence-electron chi connectivity index (χ3n) is 2.44. The van der Waals surface area contributed by atoms with Gasteiger partial charge in [0.1, 0.15) is 5.69 Å². The van der Waals surface area contributed by atoms with Crippen molar-refractivity contribution in [2.45, 2.75) is 13.0 Å². The van der Waals surface area contributed by atoms with E-state index in [1.54, 1.807) is 26.4 Å². The summed E-state index contributed by atoms with van der Waals surface area (Å²) in [5.41, 5.74) is 1.38. The Labute approximate surface area is 109 Å². The highest BCUT2D eigenvalue weighted by Crippen LogP contribution is 2.10. The van der Waals surface area contributed by atoms with Gasteiger partial charge in [0.15, 0.2) is 0 Å². The average Bonchev–Trinajstić information content (AvgIpc) is 2.26. The van der Waals surface area contributed by atoms with Gasteiger partial charge in [-0.1, -0.05) is 0 Å². The molecule has 1 rings (SSSR count). The summed E-state index contributed by atoms with van der Waals surface area (Å²) in [6.45, 7) is 3.03. The van der Waals surface area contributed by atoms with Crippen LogP contribution in [0.1, 0.15) is 17.4 Å². The van der Waals surface area contributed by atoms with Gasteiger partial charge >= 0.3 is 0 Å². The lowest BCUT2D eigenvalue weighted by atomic mass is 10.2. The quantitative estimate of drug-likeness (QED) is 0.851. The van der Waals surface area contributed by atoms with E-state index < -0.39 is 0 Å². The fourth-order valence-electron chi connectivity index (χ4n) is 1.74. The molecule has 5 nitrogen and oxygen atoms in total. The maximum Gasteiger partial charge on any atom is 0.272 e. The van der Waals surface area contributed by atoms with Crippen molar-refractivity contribution in [2.24, 2.45) is 0 Å². The normalized spacial score (nSPS) is 12.3. The van der Waals surface area contributed by atoms with Gasteiger partial charge in [0.05, 0.1) is 0 Å². The van der Waals surface area contributed by atoms with E-state index in [0.29, 0.717) is 11.7 Å². The summed E-state index contributed by atoms with van der Waals surface area (Å²) >= 11 is 0. The summed E-state index contributed by atoms with van der Waals surface area (Å²) in [5, 5.41) is 3.35. The number of pyridine rings is 1. The Morgan fingerprint density at radius 3 is 2.61 bits per heavy atom. The first kappa shape index (κ1) is 14.4. The number of anilines is 1. The number of likely N-dealkylation sites (N-methyl/N-ethyl adjacent to an activating group) is 1. The van der Waals surface area contributed by atoms with E-state index in [1.165, 1.54) is 4.90 Å². The molecule has 0 fully saturated rings. The number of carbonyl (C=O) groups excluding carboxylic acids is 1. The SMILES string of the molecule is CC(CN(C)C)Nc1ccnc(C(=O)N(C)C)c1. The van der Waals surface area contributed by atoms with Crippen LogP contribution < -0.4 is 5.32 Å². The first-order valence-corrected chi connectivity index (χ1v) is 5.99. The van der Waals surface area contributed by atoms with Gasteiger partial charge in [-0.3, -0.25) is 9.78 Å². The molecular formula is C13H22N4O. The van der Waals surface area contributed by atoms with Crippen molar-refractivity contribution in [1.82, 2.24) is 14.8 Å². The van der Waals surface area contributed by atoms with Crippen LogP contribution in [0.3, 0.4) is 0 Å². The predicted octanol–water partition coefficient (Wildman–Crippen LogP) is 1.15. The minimum absolute atomic E-state index is 0.0843. The molecule has 1 aromatic heterocycles. The molecule has 0 bridgehead atoms. The molecule has 0 aromatic carbocycles. The largest absolute Gasteiger partial charge is 0.381 e. The monoisotopic (exact) mass is 250 g/mol. The van der Waals surface area contributed by atoms with Gasteiger partial charge in [-0.15, -0.1) is 0 Å². The molecule has 18 heavy (non-hydrogen) atoms. The maximum absolute atomic E-state index is 11.8. The topological polar surface area (TPSA) is 48.5 Å². The van der Waals surface area contributed by atoms with Gasteiger partial charge in [0.25, 0.3) is 5.91 Å². The number of hydrogen-bond acceptors (Lipinski definition) is 4. The van der Waals surface area contributed by atoms with Crippen LogP contribution in [0.4, 0.5) is 5.69 Å². The Hall–Kier alpha value is -1.62. The van der Waals surface area contributed by atoms with E-state index in [0.717, 1.165) is 12.2 Å². The number of amides is 1. The minimum Gasteiger partial charge on any atom is -0.381 e. The van der Waals surface area contributed by atoms with Crippen molar-refractivity contribution >= 4 is 11.6 Å². The molecule has 1 aromatic rings. The Morgan fingerprint density at radius 1 is 1.39 bits per heavy atom. The Bertz CT molecular complexity index is 404. The van der Waals surface area contributed by atoms with Gasteiger partial charge in [0.2, 0.25) is 0 Å². The fraction of sp³-hybridized carbons (Fsp3) is 0.538. The van der Waals surface area contributed by atoms with Crippen LogP contribution in [0.2, 0.25) is 0 Å². The third kappa shape index (κ3) is 4.33. The summed E-state index contributed by atoms with van der Waals surface area (Å²) in [7, 11) is 7.51. The fourth-order valence-corrected chi connectivity index (χ4v) is 1.74. The molecule has 0 aliphatic carbocycles. The maximum atomic E-state index is 11.8. The third-order valence-corrected chi connectivity index (χ3v) is 2.44. The Balaban J connectivity index is 2.73. The van der Waals surface area contributed by atoms with Gasteiger partial charge in [-0.05, 0) is 33.2 Å². The van der Waals surface area contributed by atoms with E-state index in [-0.39, 0.29) is 5.91 Å².